The SMILES string of the molecule is O=C1CCC(N2C(=O)c3cc4c(cc3C2=O)CN(Cc2ccc(N3CC(Nc5ccc([C@@H]6c7ccc(O)cc7CC[C@@H]6c6ccccc6)cc5)C3)nc2)C4)C(=O)N1. The quantitative estimate of drug-likeness (QED) is 0.166. The third kappa shape index (κ3) is 6.41. The largest absolute Gasteiger partial charge is 0.508 e. The fourth-order valence-corrected chi connectivity index (χ4v) is 9.56. The highest BCUT2D eigenvalue weighted by Gasteiger charge is 2.45. The Morgan fingerprint density at radius 2 is 1.49 bits per heavy atom. The molecule has 286 valence electrons. The van der Waals surface area contributed by atoms with Crippen molar-refractivity contribution in [3.05, 3.63) is 153 Å². The molecule has 2 fully saturated rings. The molecule has 5 aromatic rings. The molecule has 4 aliphatic heterocycles. The van der Waals surface area contributed by atoms with Crippen LogP contribution in [0.1, 0.15) is 90.8 Å². The Labute approximate surface area is 330 Å². The molecule has 0 spiro atoms. The summed E-state index contributed by atoms with van der Waals surface area (Å²) in [6, 6.07) is 32.7. The number of carbonyl (C=O) groups is 4. The average Bonchev–Trinajstić information content (AvgIpc) is 3.71. The number of nitrogens with zero attached hydrogens (tertiary/aromatic N) is 4. The minimum Gasteiger partial charge on any atom is -0.508 e. The molecule has 57 heavy (non-hydrogen) atoms. The lowest BCUT2D eigenvalue weighted by Gasteiger charge is -2.41. The first-order valence-corrected chi connectivity index (χ1v) is 19.8. The van der Waals surface area contributed by atoms with Gasteiger partial charge in [0.25, 0.3) is 11.8 Å². The first kappa shape index (κ1) is 35.1. The van der Waals surface area contributed by atoms with Gasteiger partial charge in [0.1, 0.15) is 17.6 Å². The van der Waals surface area contributed by atoms with E-state index in [0.29, 0.717) is 48.5 Å². The van der Waals surface area contributed by atoms with Crippen molar-refractivity contribution in [2.24, 2.45) is 0 Å². The van der Waals surface area contributed by atoms with Crippen molar-refractivity contribution in [3.8, 4) is 5.75 Å². The van der Waals surface area contributed by atoms with Gasteiger partial charge < -0.3 is 15.3 Å². The van der Waals surface area contributed by atoms with E-state index < -0.39 is 23.8 Å². The Hall–Kier alpha value is -6.33. The van der Waals surface area contributed by atoms with Crippen LogP contribution in [-0.2, 0) is 35.6 Å². The topological polar surface area (TPSA) is 135 Å². The highest BCUT2D eigenvalue weighted by molar-refractivity contribution is 6.23. The number of anilines is 2. The van der Waals surface area contributed by atoms with Crippen molar-refractivity contribution in [3.63, 3.8) is 0 Å². The zero-order valence-electron chi connectivity index (χ0n) is 31.4. The predicted molar refractivity (Wildman–Crippen MR) is 214 cm³/mol. The second-order valence-electron chi connectivity index (χ2n) is 16.1. The van der Waals surface area contributed by atoms with E-state index in [-0.39, 0.29) is 24.7 Å². The number of phenolic OH excluding ortho intramolecular Hbond substituents is 1. The predicted octanol–water partition coefficient (Wildman–Crippen LogP) is 5.87. The summed E-state index contributed by atoms with van der Waals surface area (Å²) in [5.41, 5.74) is 9.98. The number of piperidine rings is 1. The van der Waals surface area contributed by atoms with E-state index in [4.69, 9.17) is 4.98 Å². The fourth-order valence-electron chi connectivity index (χ4n) is 9.56. The van der Waals surface area contributed by atoms with Crippen LogP contribution in [-0.4, -0.2) is 68.7 Å². The van der Waals surface area contributed by atoms with Crippen molar-refractivity contribution in [2.45, 2.75) is 69.2 Å². The monoisotopic (exact) mass is 758 g/mol. The van der Waals surface area contributed by atoms with Gasteiger partial charge in [-0.05, 0) is 107 Å². The van der Waals surface area contributed by atoms with Crippen molar-refractivity contribution >= 4 is 35.1 Å². The number of amides is 4. The summed E-state index contributed by atoms with van der Waals surface area (Å²) in [7, 11) is 0. The van der Waals surface area contributed by atoms with E-state index in [2.05, 4.69) is 93.2 Å². The highest BCUT2D eigenvalue weighted by Crippen LogP contribution is 2.47. The zero-order valence-corrected chi connectivity index (χ0v) is 31.4. The number of pyridine rings is 1. The van der Waals surface area contributed by atoms with E-state index in [0.717, 1.165) is 59.0 Å². The van der Waals surface area contributed by atoms with Gasteiger partial charge in [0.2, 0.25) is 11.8 Å². The summed E-state index contributed by atoms with van der Waals surface area (Å²) >= 11 is 0. The summed E-state index contributed by atoms with van der Waals surface area (Å²) in [6.45, 7) is 3.66. The molecule has 3 N–H and O–H groups in total. The third-order valence-corrected chi connectivity index (χ3v) is 12.4. The third-order valence-electron chi connectivity index (χ3n) is 12.4. The van der Waals surface area contributed by atoms with Crippen LogP contribution in [0.2, 0.25) is 0 Å². The Morgan fingerprint density at radius 3 is 2.18 bits per heavy atom. The second-order valence-corrected chi connectivity index (χ2v) is 16.1. The number of rotatable bonds is 8. The lowest BCUT2D eigenvalue weighted by molar-refractivity contribution is -0.136. The maximum absolute atomic E-state index is 13.3. The van der Waals surface area contributed by atoms with Gasteiger partial charge in [0, 0.05) is 56.9 Å². The maximum Gasteiger partial charge on any atom is 0.262 e. The molecule has 0 radical (unpaired) electrons. The molecule has 10 rings (SSSR count). The molecule has 2 saturated heterocycles. The molecular weight excluding hydrogens is 717 g/mol. The molecule has 1 aliphatic carbocycles. The van der Waals surface area contributed by atoms with Crippen molar-refractivity contribution in [2.75, 3.05) is 23.3 Å². The molecule has 0 saturated carbocycles. The van der Waals surface area contributed by atoms with E-state index in [1.807, 2.05) is 18.3 Å². The summed E-state index contributed by atoms with van der Waals surface area (Å²) in [4.78, 5) is 61.0. The highest BCUT2D eigenvalue weighted by atomic mass is 16.3. The Morgan fingerprint density at radius 1 is 0.754 bits per heavy atom. The number of hydrogen-bond acceptors (Lipinski definition) is 9. The smallest absolute Gasteiger partial charge is 0.262 e. The first-order valence-electron chi connectivity index (χ1n) is 19.8. The van der Waals surface area contributed by atoms with Crippen LogP contribution >= 0.6 is 0 Å². The van der Waals surface area contributed by atoms with Crippen LogP contribution in [0.15, 0.2) is 103 Å². The minimum absolute atomic E-state index is 0.0958. The molecule has 0 bridgehead atoms. The lowest BCUT2D eigenvalue weighted by atomic mass is 9.69. The molecule has 1 unspecified atom stereocenters. The van der Waals surface area contributed by atoms with Crippen molar-refractivity contribution in [1.29, 1.82) is 0 Å². The molecular formula is C46H42N6O5. The van der Waals surface area contributed by atoms with Crippen molar-refractivity contribution < 1.29 is 24.3 Å². The Bertz CT molecular complexity index is 2380. The zero-order chi connectivity index (χ0) is 38.8. The number of imide groups is 2. The lowest BCUT2D eigenvalue weighted by Crippen LogP contribution is -2.55. The Kier molecular flexibility index (Phi) is 8.62. The number of carbonyl (C=O) groups excluding carboxylic acids is 4. The van der Waals surface area contributed by atoms with Gasteiger partial charge in [-0.1, -0.05) is 54.6 Å². The van der Waals surface area contributed by atoms with Crippen LogP contribution in [0.3, 0.4) is 0 Å². The van der Waals surface area contributed by atoms with Crippen molar-refractivity contribution in [1.82, 2.24) is 20.1 Å². The number of nitrogens with one attached hydrogen (secondary N) is 2. The van der Waals surface area contributed by atoms with E-state index >= 15 is 0 Å². The van der Waals surface area contributed by atoms with Gasteiger partial charge in [-0.3, -0.25) is 34.3 Å². The molecule has 3 atom stereocenters. The van der Waals surface area contributed by atoms with Crippen LogP contribution in [0.5, 0.6) is 5.75 Å². The van der Waals surface area contributed by atoms with Gasteiger partial charge in [-0.15, -0.1) is 0 Å². The van der Waals surface area contributed by atoms with Crippen LogP contribution < -0.4 is 15.5 Å². The summed E-state index contributed by atoms with van der Waals surface area (Å²) in [5.74, 6) is -0.0877. The molecule has 11 nitrogen and oxygen atoms in total. The van der Waals surface area contributed by atoms with Gasteiger partial charge >= 0.3 is 0 Å². The second kappa shape index (κ2) is 14.0. The summed E-state index contributed by atoms with van der Waals surface area (Å²) in [6.07, 6.45) is 4.15. The Balaban J connectivity index is 0.741. The van der Waals surface area contributed by atoms with E-state index in [1.165, 1.54) is 22.3 Å². The number of phenols is 1. The van der Waals surface area contributed by atoms with E-state index in [9.17, 15) is 24.3 Å². The van der Waals surface area contributed by atoms with Gasteiger partial charge in [-0.25, -0.2) is 4.98 Å². The normalized spacial score (nSPS) is 21.9. The molecule has 4 amide bonds. The minimum atomic E-state index is -0.967. The fraction of sp³-hybridized carbons (Fsp3) is 0.283. The summed E-state index contributed by atoms with van der Waals surface area (Å²) in [5, 5.41) is 16.1. The number of aryl methyl sites for hydroxylation is 1. The number of hydrogen-bond donors (Lipinski definition) is 3. The number of aromatic hydroxyl groups is 1. The molecule has 5 heterocycles. The van der Waals surface area contributed by atoms with E-state index in [1.54, 1.807) is 12.1 Å². The molecule has 1 aromatic heterocycles. The van der Waals surface area contributed by atoms with Crippen LogP contribution in [0.4, 0.5) is 11.5 Å². The maximum atomic E-state index is 13.3. The molecule has 5 aliphatic rings. The summed E-state index contributed by atoms with van der Waals surface area (Å²) < 4.78 is 0. The molecule has 4 aromatic carbocycles. The number of benzene rings is 4. The van der Waals surface area contributed by atoms with Crippen LogP contribution in [0.25, 0.3) is 0 Å². The van der Waals surface area contributed by atoms with Gasteiger partial charge in [0.15, 0.2) is 0 Å². The number of aromatic nitrogens is 1. The first-order chi connectivity index (χ1) is 27.8. The number of fused-ring (bicyclic) bond motifs is 3. The molecule has 11 heteroatoms. The standard InChI is InChI=1S/C46H42N6O5/c53-35-12-14-37-30(18-35)9-13-36(28-4-2-1-3-5-28)43(37)29-7-10-33(11-8-29)48-34-25-51(26-34)41-16-6-27(21-47-41)22-50-23-31-19-38-39(20-32(31)24-50)46(57)52(45(38)56)40-15-17-42(54)49-44(40)55/h1-8,10-12,14,16,18-21,34,36,40,43,48,53H,9,13,15,17,22-26H2,(H,49,54,55)/t36-,40?,43+/m1/s1. The van der Waals surface area contributed by atoms with Gasteiger partial charge in [0.05, 0.1) is 17.2 Å². The van der Waals surface area contributed by atoms with Gasteiger partial charge in [-0.2, -0.15) is 0 Å². The average molecular weight is 759 g/mol. The van der Waals surface area contributed by atoms with Crippen LogP contribution in [0, 0.1) is 0 Å².